The number of carboxylic acids is 1. The van der Waals surface area contributed by atoms with Crippen LogP contribution in [0.5, 0.6) is 0 Å². The van der Waals surface area contributed by atoms with E-state index in [-0.39, 0.29) is 6.42 Å². The highest BCUT2D eigenvalue weighted by Gasteiger charge is 1.92. The molecular weight excluding hydrogens is 180 g/mol. The van der Waals surface area contributed by atoms with E-state index in [9.17, 15) is 4.79 Å². The Balaban J connectivity index is 3.66. The number of unbranched alkanes of at least 4 members (excludes halogenated alkanes) is 1. The maximum Gasteiger partial charge on any atom is 0.303 e. The monoisotopic (exact) mass is 192 g/mol. The van der Waals surface area contributed by atoms with Crippen molar-refractivity contribution in [3.05, 3.63) is 12.7 Å². The lowest BCUT2D eigenvalue weighted by molar-refractivity contribution is -0.137. The molecule has 0 aromatic carbocycles. The van der Waals surface area contributed by atoms with Crippen LogP contribution in [-0.2, 0) is 4.79 Å². The Hall–Kier alpha value is -1.71. The van der Waals surface area contributed by atoms with E-state index in [1.165, 1.54) is 6.08 Å². The summed E-state index contributed by atoms with van der Waals surface area (Å²) in [5.41, 5.74) is 0. The highest BCUT2D eigenvalue weighted by atomic mass is 16.4. The molecule has 3 nitrogen and oxygen atoms in total. The maximum absolute atomic E-state index is 10.1. The van der Waals surface area contributed by atoms with Gasteiger partial charge in [0.1, 0.15) is 6.10 Å². The molecule has 0 aromatic rings. The minimum absolute atomic E-state index is 0.122. The molecule has 0 heterocycles. The van der Waals surface area contributed by atoms with E-state index in [1.807, 2.05) is 0 Å². The summed E-state index contributed by atoms with van der Waals surface area (Å²) < 4.78 is 0. The topological polar surface area (TPSA) is 57.5 Å². The normalized spacial score (nSPS) is 10.1. The van der Waals surface area contributed by atoms with Crippen LogP contribution in [0.25, 0.3) is 0 Å². The van der Waals surface area contributed by atoms with Gasteiger partial charge in [0.15, 0.2) is 0 Å². The first-order chi connectivity index (χ1) is 6.66. The molecule has 0 radical (unpaired) electrons. The molecule has 0 saturated carbocycles. The quantitative estimate of drug-likeness (QED) is 0.393. The molecule has 0 unspecified atom stereocenters. The summed E-state index contributed by atoms with van der Waals surface area (Å²) in [7, 11) is 0. The van der Waals surface area contributed by atoms with Gasteiger partial charge in [0, 0.05) is 12.8 Å². The minimum atomic E-state index is -0.844. The van der Waals surface area contributed by atoms with Crippen molar-refractivity contribution >= 4 is 5.97 Å². The van der Waals surface area contributed by atoms with Crippen molar-refractivity contribution in [1.82, 2.24) is 0 Å². The molecule has 74 valence electrons. The summed E-state index contributed by atoms with van der Waals surface area (Å²) in [6.07, 6.45) is 1.61. The van der Waals surface area contributed by atoms with Crippen molar-refractivity contribution in [2.24, 2.45) is 0 Å². The largest absolute Gasteiger partial charge is 0.481 e. The van der Waals surface area contributed by atoms with Crippen molar-refractivity contribution in [1.29, 1.82) is 0 Å². The molecule has 0 bridgehead atoms. The van der Waals surface area contributed by atoms with Crippen molar-refractivity contribution in [2.45, 2.75) is 25.4 Å². The van der Waals surface area contributed by atoms with E-state index in [1.54, 1.807) is 0 Å². The summed E-state index contributed by atoms with van der Waals surface area (Å²) in [6.45, 7) is 3.34. The Bertz CT molecular complexity index is 309. The first-order valence-electron chi connectivity index (χ1n) is 4.17. The average molecular weight is 192 g/mol. The van der Waals surface area contributed by atoms with E-state index in [2.05, 4.69) is 30.3 Å². The van der Waals surface area contributed by atoms with Crippen LogP contribution >= 0.6 is 0 Å². The standard InChI is InChI=1S/C11H12O3/c1-2-10(12)8-6-4-3-5-7-9-11(13)14/h2,10,12H,1,5,7,9H2,(H,13,14)/t10-/m1/s1. The number of hydrogen-bond donors (Lipinski definition) is 2. The van der Waals surface area contributed by atoms with E-state index in [0.29, 0.717) is 12.8 Å². The first kappa shape index (κ1) is 12.3. The predicted molar refractivity (Wildman–Crippen MR) is 53.2 cm³/mol. The SMILES string of the molecule is C=C[C@@H](O)C#CC#CCCCC(=O)O. The number of carboxylic acid groups (broad SMARTS) is 1. The molecule has 1 atom stereocenters. The van der Waals surface area contributed by atoms with Crippen molar-refractivity contribution in [3.8, 4) is 23.7 Å². The second-order valence-electron chi connectivity index (χ2n) is 2.50. The van der Waals surface area contributed by atoms with Crippen LogP contribution < -0.4 is 0 Å². The molecule has 0 amide bonds. The zero-order valence-electron chi connectivity index (χ0n) is 7.79. The molecule has 0 aliphatic heterocycles. The van der Waals surface area contributed by atoms with Gasteiger partial charge in [0.05, 0.1) is 0 Å². The van der Waals surface area contributed by atoms with Gasteiger partial charge in [-0.05, 0) is 18.3 Å². The van der Waals surface area contributed by atoms with Gasteiger partial charge in [-0.15, -0.1) is 0 Å². The van der Waals surface area contributed by atoms with Crippen LogP contribution in [0.1, 0.15) is 19.3 Å². The van der Waals surface area contributed by atoms with Gasteiger partial charge in [-0.3, -0.25) is 4.79 Å². The summed E-state index contributed by atoms with van der Waals surface area (Å²) in [4.78, 5) is 10.1. The lowest BCUT2D eigenvalue weighted by Gasteiger charge is -1.87. The third-order valence-electron chi connectivity index (χ3n) is 1.29. The Morgan fingerprint density at radius 2 is 2.21 bits per heavy atom. The van der Waals surface area contributed by atoms with Crippen molar-refractivity contribution in [3.63, 3.8) is 0 Å². The number of carbonyl (C=O) groups is 1. The molecule has 2 N–H and O–H groups in total. The molecule has 0 rings (SSSR count). The van der Waals surface area contributed by atoms with Crippen LogP contribution in [0.15, 0.2) is 12.7 Å². The Kier molecular flexibility index (Phi) is 6.95. The third-order valence-corrected chi connectivity index (χ3v) is 1.29. The van der Waals surface area contributed by atoms with Crippen LogP contribution in [0.2, 0.25) is 0 Å². The zero-order valence-corrected chi connectivity index (χ0v) is 7.79. The maximum atomic E-state index is 10.1. The van der Waals surface area contributed by atoms with Crippen LogP contribution in [0, 0.1) is 23.7 Å². The lowest BCUT2D eigenvalue weighted by Crippen LogP contribution is -1.94. The van der Waals surface area contributed by atoms with E-state index in [0.717, 1.165) is 0 Å². The highest BCUT2D eigenvalue weighted by molar-refractivity contribution is 5.66. The van der Waals surface area contributed by atoms with E-state index < -0.39 is 12.1 Å². The molecule has 0 aromatic heterocycles. The molecule has 0 spiro atoms. The number of aliphatic carboxylic acids is 1. The molecule has 3 heteroatoms. The van der Waals surface area contributed by atoms with Crippen molar-refractivity contribution in [2.75, 3.05) is 0 Å². The van der Waals surface area contributed by atoms with Gasteiger partial charge in [-0.1, -0.05) is 24.5 Å². The molecule has 0 aliphatic rings. The third kappa shape index (κ3) is 8.39. The molecule has 0 fully saturated rings. The van der Waals surface area contributed by atoms with Crippen LogP contribution in [0.4, 0.5) is 0 Å². The predicted octanol–water partition coefficient (Wildman–Crippen LogP) is 0.795. The Morgan fingerprint density at radius 3 is 2.79 bits per heavy atom. The van der Waals surface area contributed by atoms with Gasteiger partial charge < -0.3 is 10.2 Å². The summed E-state index contributed by atoms with van der Waals surface area (Å²) in [6, 6.07) is 0. The number of aliphatic hydroxyl groups is 1. The fourth-order valence-electron chi connectivity index (χ4n) is 0.604. The number of hydrogen-bond acceptors (Lipinski definition) is 2. The molecule has 0 saturated heterocycles. The fraction of sp³-hybridized carbons (Fsp3) is 0.364. The van der Waals surface area contributed by atoms with E-state index >= 15 is 0 Å². The number of aliphatic hydroxyl groups excluding tert-OH is 1. The van der Waals surface area contributed by atoms with Crippen LogP contribution in [0.3, 0.4) is 0 Å². The van der Waals surface area contributed by atoms with E-state index in [4.69, 9.17) is 10.2 Å². The van der Waals surface area contributed by atoms with Gasteiger partial charge in [-0.2, -0.15) is 0 Å². The first-order valence-corrected chi connectivity index (χ1v) is 4.17. The average Bonchev–Trinajstić information content (AvgIpc) is 2.15. The second kappa shape index (κ2) is 7.91. The smallest absolute Gasteiger partial charge is 0.303 e. The Labute approximate surface area is 83.4 Å². The zero-order chi connectivity index (χ0) is 10.8. The fourth-order valence-corrected chi connectivity index (χ4v) is 0.604. The minimum Gasteiger partial charge on any atom is -0.481 e. The highest BCUT2D eigenvalue weighted by Crippen LogP contribution is 1.92. The van der Waals surface area contributed by atoms with Crippen molar-refractivity contribution < 1.29 is 15.0 Å². The summed E-state index contributed by atoms with van der Waals surface area (Å²) in [5.74, 6) is 9.25. The lowest BCUT2D eigenvalue weighted by atomic mass is 10.2. The summed E-state index contributed by atoms with van der Waals surface area (Å²) in [5, 5.41) is 17.2. The van der Waals surface area contributed by atoms with Crippen LogP contribution in [-0.4, -0.2) is 22.3 Å². The van der Waals surface area contributed by atoms with Gasteiger partial charge in [0.25, 0.3) is 0 Å². The van der Waals surface area contributed by atoms with Gasteiger partial charge in [0.2, 0.25) is 0 Å². The number of rotatable bonds is 4. The summed E-state index contributed by atoms with van der Waals surface area (Å²) >= 11 is 0. The second-order valence-corrected chi connectivity index (χ2v) is 2.50. The molecule has 14 heavy (non-hydrogen) atoms. The molecular formula is C11H12O3. The molecule has 0 aliphatic carbocycles. The Morgan fingerprint density at radius 1 is 1.50 bits per heavy atom. The van der Waals surface area contributed by atoms with Gasteiger partial charge in [-0.25, -0.2) is 0 Å². The van der Waals surface area contributed by atoms with Gasteiger partial charge >= 0.3 is 5.97 Å².